The van der Waals surface area contributed by atoms with Crippen LogP contribution in [0.25, 0.3) is 10.2 Å². The predicted octanol–water partition coefficient (Wildman–Crippen LogP) is 4.72. The van der Waals surface area contributed by atoms with Crippen molar-refractivity contribution < 1.29 is 23.8 Å². The van der Waals surface area contributed by atoms with E-state index in [2.05, 4.69) is 5.32 Å². The monoisotopic (exact) mass is 579 g/mol. The molecule has 0 saturated carbocycles. The zero-order valence-electron chi connectivity index (χ0n) is 22.4. The van der Waals surface area contributed by atoms with Crippen LogP contribution >= 0.6 is 23.1 Å². The molecule has 0 spiro atoms. The number of rotatable bonds is 10. The molecule has 208 valence electrons. The van der Waals surface area contributed by atoms with Crippen molar-refractivity contribution >= 4 is 50.9 Å². The van der Waals surface area contributed by atoms with Crippen LogP contribution in [0.15, 0.2) is 52.4 Å². The molecule has 1 amide bonds. The molecule has 0 bridgehead atoms. The highest BCUT2D eigenvalue weighted by Crippen LogP contribution is 2.36. The number of fused-ring (bicyclic) bond motifs is 3. The summed E-state index contributed by atoms with van der Waals surface area (Å²) in [7, 11) is 4.50. The molecular formula is C29H29N3O6S2. The van der Waals surface area contributed by atoms with Crippen LogP contribution < -0.4 is 20.3 Å². The van der Waals surface area contributed by atoms with Crippen LogP contribution in [0.5, 0.6) is 11.5 Å². The number of nitrogens with zero attached hydrogens (tertiary/aromatic N) is 2. The van der Waals surface area contributed by atoms with Crippen LogP contribution in [0.4, 0.5) is 5.69 Å². The van der Waals surface area contributed by atoms with E-state index < -0.39 is 5.97 Å². The number of hydrogen-bond acceptors (Lipinski definition) is 9. The first-order valence-corrected chi connectivity index (χ1v) is 14.6. The lowest BCUT2D eigenvalue weighted by Gasteiger charge is -2.14. The number of carbonyl (C=O) groups excluding carboxylic acids is 2. The number of nitrogens with one attached hydrogen (secondary N) is 1. The molecule has 1 N–H and O–H groups in total. The Balaban J connectivity index is 1.37. The smallest absolute Gasteiger partial charge is 0.337 e. The normalized spacial score (nSPS) is 12.3. The largest absolute Gasteiger partial charge is 0.493 e. The number of aromatic nitrogens is 2. The SMILES string of the molecule is COC(=O)c1ccc(NC(=O)CSc2nc3sc4c(c3c(=O)n2CCc2ccc(OC)c(OC)c2)CCC4)cc1. The Kier molecular flexibility index (Phi) is 8.41. The number of aryl methyl sites for hydroxylation is 3. The van der Waals surface area contributed by atoms with Gasteiger partial charge in [-0.1, -0.05) is 17.8 Å². The van der Waals surface area contributed by atoms with Gasteiger partial charge in [-0.3, -0.25) is 14.2 Å². The maximum absolute atomic E-state index is 13.8. The summed E-state index contributed by atoms with van der Waals surface area (Å²) in [5.41, 5.74) is 3.01. The van der Waals surface area contributed by atoms with E-state index >= 15 is 0 Å². The van der Waals surface area contributed by atoms with Crippen LogP contribution in [0.1, 0.15) is 32.8 Å². The standard InChI is InChI=1S/C29H29N3O6S2/c1-36-21-12-7-17(15-22(21)37-2)13-14-32-27(34)25-20-5-4-6-23(20)40-26(25)31-29(32)39-16-24(33)30-19-10-8-18(9-11-19)28(35)38-3/h7-12,15H,4-6,13-14,16H2,1-3H3,(H,30,33). The molecule has 0 fully saturated rings. The number of ether oxygens (including phenoxy) is 3. The summed E-state index contributed by atoms with van der Waals surface area (Å²) in [6.45, 7) is 0.404. The maximum Gasteiger partial charge on any atom is 0.337 e. The first kappa shape index (κ1) is 27.7. The molecule has 2 heterocycles. The van der Waals surface area contributed by atoms with Crippen molar-refractivity contribution in [3.8, 4) is 11.5 Å². The number of hydrogen-bond donors (Lipinski definition) is 1. The molecule has 0 atom stereocenters. The van der Waals surface area contributed by atoms with E-state index in [0.717, 1.165) is 35.2 Å². The summed E-state index contributed by atoms with van der Waals surface area (Å²) in [5, 5.41) is 4.05. The van der Waals surface area contributed by atoms with Gasteiger partial charge in [0.2, 0.25) is 5.91 Å². The van der Waals surface area contributed by atoms with Gasteiger partial charge in [0.1, 0.15) is 4.83 Å². The quantitative estimate of drug-likeness (QED) is 0.163. The summed E-state index contributed by atoms with van der Waals surface area (Å²) in [6.07, 6.45) is 3.50. The summed E-state index contributed by atoms with van der Waals surface area (Å²) in [5.74, 6) is 0.647. The van der Waals surface area contributed by atoms with Gasteiger partial charge in [-0.25, -0.2) is 9.78 Å². The zero-order chi connectivity index (χ0) is 28.2. The third kappa shape index (κ3) is 5.71. The third-order valence-electron chi connectivity index (χ3n) is 6.78. The van der Waals surface area contributed by atoms with E-state index in [0.29, 0.717) is 46.3 Å². The highest BCUT2D eigenvalue weighted by molar-refractivity contribution is 7.99. The molecule has 11 heteroatoms. The molecule has 40 heavy (non-hydrogen) atoms. The van der Waals surface area contributed by atoms with E-state index in [4.69, 9.17) is 19.2 Å². The first-order chi connectivity index (χ1) is 19.4. The van der Waals surface area contributed by atoms with Gasteiger partial charge in [-0.15, -0.1) is 11.3 Å². The second-order valence-electron chi connectivity index (χ2n) is 9.23. The van der Waals surface area contributed by atoms with E-state index in [9.17, 15) is 14.4 Å². The van der Waals surface area contributed by atoms with E-state index in [1.807, 2.05) is 18.2 Å². The lowest BCUT2D eigenvalue weighted by Crippen LogP contribution is -2.25. The fourth-order valence-electron chi connectivity index (χ4n) is 4.78. The van der Waals surface area contributed by atoms with Crippen LogP contribution in [0.2, 0.25) is 0 Å². The Bertz CT molecular complexity index is 1630. The molecule has 2 aromatic heterocycles. The number of thioether (sulfide) groups is 1. The van der Waals surface area contributed by atoms with Gasteiger partial charge >= 0.3 is 5.97 Å². The van der Waals surface area contributed by atoms with Gasteiger partial charge in [0.15, 0.2) is 16.7 Å². The molecule has 0 saturated heterocycles. The molecule has 1 aliphatic carbocycles. The number of thiophene rings is 1. The van der Waals surface area contributed by atoms with Gasteiger partial charge in [-0.05, 0) is 73.2 Å². The molecule has 0 radical (unpaired) electrons. The van der Waals surface area contributed by atoms with Crippen LogP contribution in [0.3, 0.4) is 0 Å². The molecule has 4 aromatic rings. The summed E-state index contributed by atoms with van der Waals surface area (Å²) in [4.78, 5) is 45.1. The second kappa shape index (κ2) is 12.1. The van der Waals surface area contributed by atoms with Gasteiger partial charge in [-0.2, -0.15) is 0 Å². The number of anilines is 1. The second-order valence-corrected chi connectivity index (χ2v) is 11.3. The lowest BCUT2D eigenvalue weighted by molar-refractivity contribution is -0.113. The average molecular weight is 580 g/mol. The Hall–Kier alpha value is -3.83. The summed E-state index contributed by atoms with van der Waals surface area (Å²) < 4.78 is 17.2. The van der Waals surface area contributed by atoms with Gasteiger partial charge < -0.3 is 19.5 Å². The summed E-state index contributed by atoms with van der Waals surface area (Å²) >= 11 is 2.82. The van der Waals surface area contributed by atoms with Gasteiger partial charge in [0.05, 0.1) is 38.0 Å². The van der Waals surface area contributed by atoms with Crippen LogP contribution in [0, 0.1) is 0 Å². The topological polar surface area (TPSA) is 109 Å². The fourth-order valence-corrected chi connectivity index (χ4v) is 6.91. The van der Waals surface area contributed by atoms with Crippen molar-refractivity contribution in [2.45, 2.75) is 37.4 Å². The molecule has 1 aliphatic rings. The van der Waals surface area contributed by atoms with E-state index in [-0.39, 0.29) is 17.2 Å². The maximum atomic E-state index is 13.8. The molecule has 0 unspecified atom stereocenters. The molecular weight excluding hydrogens is 550 g/mol. The molecule has 2 aromatic carbocycles. The Morgan fingerprint density at radius 1 is 1.05 bits per heavy atom. The lowest BCUT2D eigenvalue weighted by atomic mass is 10.1. The Morgan fingerprint density at radius 2 is 1.82 bits per heavy atom. The average Bonchev–Trinajstić information content (AvgIpc) is 3.56. The minimum absolute atomic E-state index is 0.0637. The van der Waals surface area contributed by atoms with Crippen molar-refractivity contribution in [1.82, 2.24) is 9.55 Å². The molecule has 9 nitrogen and oxygen atoms in total. The number of methoxy groups -OCH3 is 3. The van der Waals surface area contributed by atoms with Crippen molar-refractivity contribution in [3.05, 3.63) is 74.4 Å². The number of esters is 1. The van der Waals surface area contributed by atoms with Gasteiger partial charge in [0, 0.05) is 17.1 Å². The molecule has 5 rings (SSSR count). The minimum Gasteiger partial charge on any atom is -0.493 e. The minimum atomic E-state index is -0.444. The summed E-state index contributed by atoms with van der Waals surface area (Å²) in [6, 6.07) is 12.2. The van der Waals surface area contributed by atoms with Crippen molar-refractivity contribution in [2.24, 2.45) is 0 Å². The third-order valence-corrected chi connectivity index (χ3v) is 8.95. The Labute approximate surface area is 239 Å². The van der Waals surface area contributed by atoms with E-state index in [1.165, 1.54) is 23.7 Å². The van der Waals surface area contributed by atoms with Crippen molar-refractivity contribution in [2.75, 3.05) is 32.4 Å². The van der Waals surface area contributed by atoms with Crippen molar-refractivity contribution in [3.63, 3.8) is 0 Å². The number of benzene rings is 2. The van der Waals surface area contributed by atoms with Gasteiger partial charge in [0.25, 0.3) is 5.56 Å². The van der Waals surface area contributed by atoms with Crippen molar-refractivity contribution in [1.29, 1.82) is 0 Å². The van der Waals surface area contributed by atoms with Crippen LogP contribution in [-0.2, 0) is 35.3 Å². The number of amides is 1. The fraction of sp³-hybridized carbons (Fsp3) is 0.310. The van der Waals surface area contributed by atoms with Crippen LogP contribution in [-0.4, -0.2) is 48.5 Å². The molecule has 0 aliphatic heterocycles. The highest BCUT2D eigenvalue weighted by atomic mass is 32.2. The predicted molar refractivity (Wildman–Crippen MR) is 156 cm³/mol. The first-order valence-electron chi connectivity index (χ1n) is 12.8. The van der Waals surface area contributed by atoms with E-state index in [1.54, 1.807) is 54.4 Å². The number of carbonyl (C=O) groups is 2. The highest BCUT2D eigenvalue weighted by Gasteiger charge is 2.24. The Morgan fingerprint density at radius 3 is 2.55 bits per heavy atom. The zero-order valence-corrected chi connectivity index (χ0v) is 24.1.